The first-order valence-corrected chi connectivity index (χ1v) is 7.88. The summed E-state index contributed by atoms with van der Waals surface area (Å²) in [6.45, 7) is 3.23. The number of thiophene rings is 1. The van der Waals surface area contributed by atoms with Crippen molar-refractivity contribution in [1.82, 2.24) is 10.3 Å². The van der Waals surface area contributed by atoms with Crippen LogP contribution in [0.2, 0.25) is 0 Å². The molecule has 1 unspecified atom stereocenters. The fraction of sp³-hybridized carbons (Fsp3) is 0.357. The van der Waals surface area contributed by atoms with Crippen molar-refractivity contribution in [3.8, 4) is 0 Å². The lowest BCUT2D eigenvalue weighted by Crippen LogP contribution is -2.24. The third-order valence-electron chi connectivity index (χ3n) is 2.82. The van der Waals surface area contributed by atoms with Gasteiger partial charge in [0, 0.05) is 28.3 Å². The van der Waals surface area contributed by atoms with Crippen molar-refractivity contribution in [1.29, 1.82) is 0 Å². The Hall–Kier alpha value is -0.710. The molecule has 0 aliphatic carbocycles. The van der Waals surface area contributed by atoms with E-state index in [1.807, 2.05) is 18.5 Å². The minimum absolute atomic E-state index is 0.356. The van der Waals surface area contributed by atoms with Crippen LogP contribution in [-0.2, 0) is 6.42 Å². The van der Waals surface area contributed by atoms with Crippen LogP contribution in [0.1, 0.15) is 30.5 Å². The molecule has 2 nitrogen and oxygen atoms in total. The van der Waals surface area contributed by atoms with Gasteiger partial charge in [-0.15, -0.1) is 0 Å². The minimum Gasteiger partial charge on any atom is -0.310 e. The van der Waals surface area contributed by atoms with Gasteiger partial charge in [-0.25, -0.2) is 0 Å². The van der Waals surface area contributed by atoms with Crippen LogP contribution >= 0.6 is 27.3 Å². The van der Waals surface area contributed by atoms with Crippen molar-refractivity contribution in [3.05, 3.63) is 50.9 Å². The van der Waals surface area contributed by atoms with Gasteiger partial charge in [0.2, 0.25) is 0 Å². The van der Waals surface area contributed by atoms with Crippen LogP contribution < -0.4 is 5.32 Å². The van der Waals surface area contributed by atoms with Gasteiger partial charge >= 0.3 is 0 Å². The second-order valence-electron chi connectivity index (χ2n) is 4.25. The molecule has 2 heterocycles. The predicted molar refractivity (Wildman–Crippen MR) is 81.0 cm³/mol. The largest absolute Gasteiger partial charge is 0.310 e. The zero-order valence-electron chi connectivity index (χ0n) is 10.4. The Morgan fingerprint density at radius 3 is 2.94 bits per heavy atom. The van der Waals surface area contributed by atoms with E-state index in [4.69, 9.17) is 0 Å². The highest BCUT2D eigenvalue weighted by Gasteiger charge is 2.15. The maximum Gasteiger partial charge on any atom is 0.0380 e. The van der Waals surface area contributed by atoms with Gasteiger partial charge in [-0.05, 0) is 57.9 Å². The van der Waals surface area contributed by atoms with Gasteiger partial charge in [0.25, 0.3) is 0 Å². The molecule has 4 heteroatoms. The van der Waals surface area contributed by atoms with E-state index in [1.54, 1.807) is 11.3 Å². The van der Waals surface area contributed by atoms with Crippen LogP contribution in [0.15, 0.2) is 39.8 Å². The molecule has 0 spiro atoms. The molecule has 0 aliphatic heterocycles. The fourth-order valence-corrected chi connectivity index (χ4v) is 3.53. The monoisotopic (exact) mass is 324 g/mol. The second kappa shape index (κ2) is 7.02. The van der Waals surface area contributed by atoms with Gasteiger partial charge < -0.3 is 5.32 Å². The van der Waals surface area contributed by atoms with Crippen LogP contribution in [0.4, 0.5) is 0 Å². The van der Waals surface area contributed by atoms with Crippen LogP contribution in [0, 0.1) is 0 Å². The Balaban J connectivity index is 2.13. The Kier molecular flexibility index (Phi) is 5.35. The average molecular weight is 325 g/mol. The molecule has 0 saturated heterocycles. The minimum atomic E-state index is 0.356. The van der Waals surface area contributed by atoms with Crippen LogP contribution in [0.3, 0.4) is 0 Å². The normalized spacial score (nSPS) is 12.6. The number of hydrogen-bond donors (Lipinski definition) is 1. The first kappa shape index (κ1) is 13.7. The van der Waals surface area contributed by atoms with E-state index < -0.39 is 0 Å². The third kappa shape index (κ3) is 3.64. The number of aromatic nitrogens is 1. The molecule has 2 aromatic heterocycles. The molecule has 0 aliphatic rings. The lowest BCUT2D eigenvalue weighted by atomic mass is 10.0. The van der Waals surface area contributed by atoms with Gasteiger partial charge in [0.1, 0.15) is 0 Å². The topological polar surface area (TPSA) is 24.9 Å². The Morgan fingerprint density at radius 1 is 1.44 bits per heavy atom. The molecule has 0 bridgehead atoms. The maximum absolute atomic E-state index is 4.18. The molecule has 2 rings (SSSR count). The maximum atomic E-state index is 4.18. The molecule has 96 valence electrons. The van der Waals surface area contributed by atoms with Gasteiger partial charge in [-0.2, -0.15) is 11.3 Å². The number of hydrogen-bond acceptors (Lipinski definition) is 3. The van der Waals surface area contributed by atoms with Crippen molar-refractivity contribution in [2.75, 3.05) is 6.54 Å². The van der Waals surface area contributed by atoms with E-state index >= 15 is 0 Å². The highest BCUT2D eigenvalue weighted by molar-refractivity contribution is 9.10. The summed E-state index contributed by atoms with van der Waals surface area (Å²) in [5, 5.41) is 7.96. The molecule has 1 atom stereocenters. The summed E-state index contributed by atoms with van der Waals surface area (Å²) in [5.41, 5.74) is 2.61. The van der Waals surface area contributed by atoms with Crippen molar-refractivity contribution in [2.45, 2.75) is 25.8 Å². The molecular weight excluding hydrogens is 308 g/mol. The van der Waals surface area contributed by atoms with Crippen molar-refractivity contribution >= 4 is 27.3 Å². The zero-order chi connectivity index (χ0) is 12.8. The molecule has 18 heavy (non-hydrogen) atoms. The Bertz CT molecular complexity index is 470. The number of pyridine rings is 1. The highest BCUT2D eigenvalue weighted by Crippen LogP contribution is 2.29. The van der Waals surface area contributed by atoms with Crippen LogP contribution in [-0.4, -0.2) is 11.5 Å². The van der Waals surface area contributed by atoms with E-state index in [1.165, 1.54) is 15.6 Å². The molecule has 0 fully saturated rings. The summed E-state index contributed by atoms with van der Waals surface area (Å²) in [6, 6.07) is 4.48. The van der Waals surface area contributed by atoms with Crippen LogP contribution in [0.25, 0.3) is 0 Å². The Morgan fingerprint density at radius 2 is 2.33 bits per heavy atom. The van der Waals surface area contributed by atoms with Crippen molar-refractivity contribution < 1.29 is 0 Å². The lowest BCUT2D eigenvalue weighted by Gasteiger charge is -2.18. The van der Waals surface area contributed by atoms with Crippen molar-refractivity contribution in [3.63, 3.8) is 0 Å². The van der Waals surface area contributed by atoms with Crippen LogP contribution in [0.5, 0.6) is 0 Å². The number of nitrogens with zero attached hydrogens (tertiary/aromatic N) is 1. The summed E-state index contributed by atoms with van der Waals surface area (Å²) >= 11 is 5.36. The summed E-state index contributed by atoms with van der Waals surface area (Å²) in [5.74, 6) is 0. The van der Waals surface area contributed by atoms with E-state index in [2.05, 4.69) is 50.0 Å². The Labute approximate surface area is 121 Å². The van der Waals surface area contributed by atoms with Gasteiger partial charge in [0.15, 0.2) is 0 Å². The zero-order valence-corrected chi connectivity index (χ0v) is 12.8. The smallest absolute Gasteiger partial charge is 0.0380 e. The number of nitrogens with one attached hydrogen (secondary N) is 1. The first-order chi connectivity index (χ1) is 8.81. The SMILES string of the molecule is CCCNC(Cc1cccnc1)c1cscc1Br. The number of halogens is 1. The predicted octanol–water partition coefficient (Wildman–Crippen LogP) is 4.19. The van der Waals surface area contributed by atoms with E-state index in [9.17, 15) is 0 Å². The standard InChI is InChI=1S/C14H17BrN2S/c1-2-5-17-14(12-9-18-10-13(12)15)7-11-4-3-6-16-8-11/h3-4,6,8-10,14,17H,2,5,7H2,1H3. The third-order valence-corrected chi connectivity index (χ3v) is 4.57. The molecule has 0 aromatic carbocycles. The fourth-order valence-electron chi connectivity index (χ4n) is 1.91. The van der Waals surface area contributed by atoms with Crippen molar-refractivity contribution in [2.24, 2.45) is 0 Å². The quantitative estimate of drug-likeness (QED) is 0.861. The summed E-state index contributed by atoms with van der Waals surface area (Å²) in [7, 11) is 0. The molecule has 0 amide bonds. The van der Waals surface area contributed by atoms with Gasteiger partial charge in [-0.1, -0.05) is 13.0 Å². The highest BCUT2D eigenvalue weighted by atomic mass is 79.9. The summed E-state index contributed by atoms with van der Waals surface area (Å²) in [6.07, 6.45) is 5.88. The first-order valence-electron chi connectivity index (χ1n) is 6.15. The second-order valence-corrected chi connectivity index (χ2v) is 5.85. The average Bonchev–Trinajstić information content (AvgIpc) is 2.82. The molecule has 0 radical (unpaired) electrons. The molecule has 1 N–H and O–H groups in total. The molecule has 0 saturated carbocycles. The van der Waals surface area contributed by atoms with Gasteiger partial charge in [0.05, 0.1) is 0 Å². The van der Waals surface area contributed by atoms with E-state index in [0.717, 1.165) is 19.4 Å². The van der Waals surface area contributed by atoms with Gasteiger partial charge in [-0.3, -0.25) is 4.98 Å². The number of rotatable bonds is 6. The summed E-state index contributed by atoms with van der Waals surface area (Å²) < 4.78 is 1.20. The van der Waals surface area contributed by atoms with E-state index in [0.29, 0.717) is 6.04 Å². The van der Waals surface area contributed by atoms with E-state index in [-0.39, 0.29) is 0 Å². The summed E-state index contributed by atoms with van der Waals surface area (Å²) in [4.78, 5) is 4.18. The molecular formula is C14H17BrN2S. The molecule has 2 aromatic rings. The lowest BCUT2D eigenvalue weighted by molar-refractivity contribution is 0.528.